The Balaban J connectivity index is 1.89. The summed E-state index contributed by atoms with van der Waals surface area (Å²) in [4.78, 5) is 12.1. The molecule has 0 aliphatic carbocycles. The summed E-state index contributed by atoms with van der Waals surface area (Å²) in [5, 5.41) is 0.613. The quantitative estimate of drug-likeness (QED) is 0.515. The monoisotopic (exact) mass is 375 g/mol. The van der Waals surface area contributed by atoms with Crippen molar-refractivity contribution in [1.29, 1.82) is 0 Å². The molecular formula is C18H15Cl2N3O2. The minimum atomic E-state index is -0.129. The molecule has 0 atom stereocenters. The number of nitrogens with zero attached hydrogens (tertiary/aromatic N) is 1. The van der Waals surface area contributed by atoms with Crippen LogP contribution in [0, 0.1) is 0 Å². The van der Waals surface area contributed by atoms with E-state index in [0.29, 0.717) is 33.8 Å². The first kappa shape index (κ1) is 17.4. The van der Waals surface area contributed by atoms with Gasteiger partial charge < -0.3 is 14.7 Å². The van der Waals surface area contributed by atoms with E-state index in [1.807, 2.05) is 30.3 Å². The molecule has 0 saturated carbocycles. The third kappa shape index (κ3) is 4.14. The van der Waals surface area contributed by atoms with Gasteiger partial charge in [0.25, 0.3) is 5.56 Å². The number of anilines is 1. The molecule has 0 aliphatic rings. The normalized spacial score (nSPS) is 10.5. The molecule has 3 N–H and O–H groups in total. The van der Waals surface area contributed by atoms with E-state index in [9.17, 15) is 4.79 Å². The average Bonchev–Trinajstić information content (AvgIpc) is 2.61. The van der Waals surface area contributed by atoms with Gasteiger partial charge in [0.2, 0.25) is 0 Å². The number of ether oxygens (including phenoxy) is 1. The first-order valence-electron chi connectivity index (χ1n) is 7.45. The van der Waals surface area contributed by atoms with Gasteiger partial charge in [-0.25, -0.2) is 0 Å². The van der Waals surface area contributed by atoms with Gasteiger partial charge in [0.15, 0.2) is 5.75 Å². The predicted octanol–water partition coefficient (Wildman–Crippen LogP) is 4.28. The maximum Gasteiger partial charge on any atom is 0.251 e. The van der Waals surface area contributed by atoms with E-state index in [4.69, 9.17) is 33.8 Å². The van der Waals surface area contributed by atoms with Crippen LogP contribution in [0.25, 0.3) is 0 Å². The van der Waals surface area contributed by atoms with Crippen LogP contribution in [0.3, 0.4) is 0 Å². The second-order valence-corrected chi connectivity index (χ2v) is 6.15. The summed E-state index contributed by atoms with van der Waals surface area (Å²) in [6.45, 7) is 0.439. The van der Waals surface area contributed by atoms with Gasteiger partial charge >= 0.3 is 0 Å². The number of rotatable bonds is 5. The van der Waals surface area contributed by atoms with Gasteiger partial charge in [0.05, 0.1) is 28.5 Å². The summed E-state index contributed by atoms with van der Waals surface area (Å²) in [6.07, 6.45) is 1.62. The minimum absolute atomic E-state index is 0.129. The van der Waals surface area contributed by atoms with Crippen LogP contribution < -0.4 is 21.6 Å². The van der Waals surface area contributed by atoms with Crippen molar-refractivity contribution in [2.24, 2.45) is 5.84 Å². The van der Waals surface area contributed by atoms with E-state index in [-0.39, 0.29) is 5.56 Å². The van der Waals surface area contributed by atoms with Crippen LogP contribution in [-0.2, 0) is 6.54 Å². The molecule has 5 nitrogen and oxygen atoms in total. The van der Waals surface area contributed by atoms with E-state index in [1.54, 1.807) is 29.0 Å². The molecule has 0 aliphatic heterocycles. The lowest BCUT2D eigenvalue weighted by Crippen LogP contribution is -2.18. The lowest BCUT2D eigenvalue weighted by molar-refractivity contribution is 0.475. The van der Waals surface area contributed by atoms with E-state index < -0.39 is 0 Å². The number of hydrogen-bond donors (Lipinski definition) is 2. The van der Waals surface area contributed by atoms with Crippen molar-refractivity contribution in [1.82, 2.24) is 4.57 Å². The summed E-state index contributed by atoms with van der Waals surface area (Å²) >= 11 is 12.4. The lowest BCUT2D eigenvalue weighted by Gasteiger charge is -2.13. The van der Waals surface area contributed by atoms with Crippen molar-refractivity contribution in [2.75, 3.05) is 5.43 Å². The Labute approximate surface area is 154 Å². The maximum absolute atomic E-state index is 12.1. The zero-order valence-electron chi connectivity index (χ0n) is 13.1. The molecule has 7 heteroatoms. The first-order chi connectivity index (χ1) is 12.1. The van der Waals surface area contributed by atoms with E-state index >= 15 is 0 Å². The fourth-order valence-electron chi connectivity index (χ4n) is 2.33. The molecule has 0 spiro atoms. The lowest BCUT2D eigenvalue weighted by atomic mass is 10.2. The smallest absolute Gasteiger partial charge is 0.251 e. The van der Waals surface area contributed by atoms with Crippen LogP contribution in [0.15, 0.2) is 65.6 Å². The van der Waals surface area contributed by atoms with Crippen LogP contribution in [0.1, 0.15) is 5.56 Å². The summed E-state index contributed by atoms with van der Waals surface area (Å²) in [5.74, 6) is 6.10. The molecule has 1 heterocycles. The van der Waals surface area contributed by atoms with Crippen LogP contribution in [0.4, 0.5) is 5.69 Å². The second-order valence-electron chi connectivity index (χ2n) is 5.33. The molecule has 0 unspecified atom stereocenters. The SMILES string of the molecule is NNc1cc(Cl)c(Oc2ccc(=O)n(Cc3ccccc3)c2)c(Cl)c1. The number of benzene rings is 2. The average molecular weight is 376 g/mol. The summed E-state index contributed by atoms with van der Waals surface area (Å²) < 4.78 is 7.34. The summed E-state index contributed by atoms with van der Waals surface area (Å²) in [6, 6.07) is 15.9. The number of nitrogens with two attached hydrogens (primary N) is 1. The number of nitrogens with one attached hydrogen (secondary N) is 1. The van der Waals surface area contributed by atoms with Crippen molar-refractivity contribution < 1.29 is 4.74 Å². The Hall–Kier alpha value is -2.47. The first-order valence-corrected chi connectivity index (χ1v) is 8.20. The third-order valence-electron chi connectivity index (χ3n) is 3.54. The van der Waals surface area contributed by atoms with Crippen molar-refractivity contribution >= 4 is 28.9 Å². The van der Waals surface area contributed by atoms with E-state index in [1.165, 1.54) is 6.07 Å². The summed E-state index contributed by atoms with van der Waals surface area (Å²) in [7, 11) is 0. The molecule has 0 amide bonds. The topological polar surface area (TPSA) is 69.3 Å². The highest BCUT2D eigenvalue weighted by Crippen LogP contribution is 2.38. The standard InChI is InChI=1S/C18H15Cl2N3O2/c19-15-8-13(22-21)9-16(20)18(15)25-14-6-7-17(24)23(11-14)10-12-4-2-1-3-5-12/h1-9,11,22H,10,21H2. The van der Waals surface area contributed by atoms with Crippen molar-refractivity contribution in [2.45, 2.75) is 6.54 Å². The largest absolute Gasteiger partial charge is 0.453 e. The summed E-state index contributed by atoms with van der Waals surface area (Å²) in [5.41, 5.74) is 3.92. The van der Waals surface area contributed by atoms with Gasteiger partial charge in [-0.3, -0.25) is 10.6 Å². The Morgan fingerprint density at radius 3 is 2.36 bits per heavy atom. The number of pyridine rings is 1. The molecule has 1 aromatic heterocycles. The van der Waals surface area contributed by atoms with Gasteiger partial charge in [-0.05, 0) is 23.8 Å². The number of hydrogen-bond acceptors (Lipinski definition) is 4. The van der Waals surface area contributed by atoms with Gasteiger partial charge in [-0.1, -0.05) is 53.5 Å². The third-order valence-corrected chi connectivity index (χ3v) is 4.10. The van der Waals surface area contributed by atoms with Gasteiger partial charge in [0.1, 0.15) is 5.75 Å². The van der Waals surface area contributed by atoms with Gasteiger partial charge in [0, 0.05) is 6.07 Å². The van der Waals surface area contributed by atoms with Gasteiger partial charge in [-0.15, -0.1) is 0 Å². The molecule has 2 aromatic carbocycles. The molecule has 25 heavy (non-hydrogen) atoms. The number of hydrazine groups is 1. The molecule has 0 saturated heterocycles. The second kappa shape index (κ2) is 7.61. The van der Waals surface area contributed by atoms with Crippen molar-refractivity contribution in [3.8, 4) is 11.5 Å². The number of aromatic nitrogens is 1. The van der Waals surface area contributed by atoms with Crippen LogP contribution in [-0.4, -0.2) is 4.57 Å². The highest BCUT2D eigenvalue weighted by molar-refractivity contribution is 6.37. The van der Waals surface area contributed by atoms with Crippen molar-refractivity contribution in [3.63, 3.8) is 0 Å². The molecule has 0 bridgehead atoms. The maximum atomic E-state index is 12.1. The number of halogens is 2. The molecule has 128 valence electrons. The molecule has 3 rings (SSSR count). The van der Waals surface area contributed by atoms with E-state index in [2.05, 4.69) is 5.43 Å². The predicted molar refractivity (Wildman–Crippen MR) is 101 cm³/mol. The van der Waals surface area contributed by atoms with Crippen molar-refractivity contribution in [3.05, 3.63) is 86.8 Å². The number of nitrogen functional groups attached to an aromatic ring is 1. The van der Waals surface area contributed by atoms with E-state index in [0.717, 1.165) is 5.56 Å². The van der Waals surface area contributed by atoms with Crippen LogP contribution in [0.2, 0.25) is 10.0 Å². The Bertz CT molecular complexity index is 920. The highest BCUT2D eigenvalue weighted by atomic mass is 35.5. The zero-order valence-corrected chi connectivity index (χ0v) is 14.6. The van der Waals surface area contributed by atoms with Crippen LogP contribution >= 0.6 is 23.2 Å². The Morgan fingerprint density at radius 2 is 1.72 bits per heavy atom. The Kier molecular flexibility index (Phi) is 5.28. The highest BCUT2D eigenvalue weighted by Gasteiger charge is 2.11. The van der Waals surface area contributed by atoms with Gasteiger partial charge in [-0.2, -0.15) is 0 Å². The zero-order chi connectivity index (χ0) is 17.8. The fourth-order valence-corrected chi connectivity index (χ4v) is 2.90. The molecular weight excluding hydrogens is 361 g/mol. The fraction of sp³-hybridized carbons (Fsp3) is 0.0556. The molecule has 0 radical (unpaired) electrons. The molecule has 0 fully saturated rings. The Morgan fingerprint density at radius 1 is 1.04 bits per heavy atom. The minimum Gasteiger partial charge on any atom is -0.453 e. The van der Waals surface area contributed by atoms with Crippen LogP contribution in [0.5, 0.6) is 11.5 Å². The molecule has 3 aromatic rings.